The molecule has 0 aliphatic carbocycles. The zero-order chi connectivity index (χ0) is 11.0. The molecule has 0 radical (unpaired) electrons. The van der Waals surface area contributed by atoms with E-state index in [0.29, 0.717) is 0 Å². The maximum absolute atomic E-state index is 12.7. The fourth-order valence-electron chi connectivity index (χ4n) is 2.16. The lowest BCUT2D eigenvalue weighted by atomic mass is 10.2. The molecule has 0 saturated heterocycles. The largest absolute Gasteiger partial charge is 0.278 e. The van der Waals surface area contributed by atoms with Crippen LogP contribution in [0.15, 0.2) is 36.7 Å². The van der Waals surface area contributed by atoms with Crippen molar-refractivity contribution in [2.24, 2.45) is 0 Å². The molecule has 3 nitrogen and oxygen atoms in total. The predicted octanol–water partition coefficient (Wildman–Crippen LogP) is 1.62. The van der Waals surface area contributed by atoms with E-state index in [0.717, 1.165) is 24.4 Å². The van der Waals surface area contributed by atoms with E-state index in [1.165, 1.54) is 0 Å². The highest BCUT2D eigenvalue weighted by Crippen LogP contribution is 2.17. The molecular weight excluding hydrogens is 205 g/mol. The average Bonchev–Trinajstić information content (AvgIpc) is 2.89. The highest BCUT2D eigenvalue weighted by Gasteiger charge is 2.31. The van der Waals surface area contributed by atoms with Crippen LogP contribution in [0.5, 0.6) is 0 Å². The smallest absolute Gasteiger partial charge is 0.247 e. The van der Waals surface area contributed by atoms with Gasteiger partial charge in [0.2, 0.25) is 6.33 Å². The Bertz CT molecular complexity index is 492. The van der Waals surface area contributed by atoms with Gasteiger partial charge in [-0.1, -0.05) is 22.9 Å². The van der Waals surface area contributed by atoms with Crippen LogP contribution in [-0.4, -0.2) is 16.5 Å². The zero-order valence-corrected chi connectivity index (χ0v) is 8.88. The van der Waals surface area contributed by atoms with Crippen LogP contribution < -0.4 is 4.57 Å². The molecule has 0 unspecified atom stereocenters. The Labute approximate surface area is 93.1 Å². The summed E-state index contributed by atoms with van der Waals surface area (Å²) in [5.74, 6) is 0.978. The summed E-state index contributed by atoms with van der Waals surface area (Å²) < 4.78 is 16.5. The van der Waals surface area contributed by atoms with E-state index in [-0.39, 0.29) is 12.7 Å². The summed E-state index contributed by atoms with van der Waals surface area (Å²) in [5, 5.41) is 4.47. The second-order valence-electron chi connectivity index (χ2n) is 4.07. The summed E-state index contributed by atoms with van der Waals surface area (Å²) in [6.07, 6.45) is 3.63. The van der Waals surface area contributed by atoms with E-state index in [9.17, 15) is 4.39 Å². The number of hydrogen-bond acceptors (Lipinski definition) is 1. The molecule has 2 aromatic rings. The second-order valence-corrected chi connectivity index (χ2v) is 4.07. The lowest BCUT2D eigenvalue weighted by Gasteiger charge is -2.00. The van der Waals surface area contributed by atoms with Crippen molar-refractivity contribution in [3.8, 4) is 5.69 Å². The molecule has 1 aliphatic rings. The summed E-state index contributed by atoms with van der Waals surface area (Å²) in [6.45, 7) is -0.307. The summed E-state index contributed by atoms with van der Waals surface area (Å²) in [4.78, 5) is 0. The van der Waals surface area contributed by atoms with Gasteiger partial charge in [0, 0.05) is 11.5 Å². The maximum Gasteiger partial charge on any atom is 0.278 e. The first-order chi connectivity index (χ1) is 7.88. The zero-order valence-electron chi connectivity index (χ0n) is 8.88. The maximum atomic E-state index is 12.7. The van der Waals surface area contributed by atoms with Crippen molar-refractivity contribution in [1.82, 2.24) is 9.78 Å². The first-order valence-corrected chi connectivity index (χ1v) is 5.49. The van der Waals surface area contributed by atoms with Gasteiger partial charge in [0.15, 0.2) is 0 Å². The number of hydrogen-bond donors (Lipinski definition) is 0. The quantitative estimate of drug-likeness (QED) is 0.702. The lowest BCUT2D eigenvalue weighted by molar-refractivity contribution is -0.717. The standard InChI is InChI=1S/C12H13FN3/c13-8-11-6-7-12-14-16(9-15(11)12)10-4-2-1-3-5-10/h1-5,9,11H,6-8H2/q+1/t11-/m1/s1. The number of aryl methyl sites for hydroxylation is 1. The van der Waals surface area contributed by atoms with E-state index in [4.69, 9.17) is 0 Å². The molecule has 1 aromatic carbocycles. The van der Waals surface area contributed by atoms with Crippen LogP contribution in [0.1, 0.15) is 18.3 Å². The van der Waals surface area contributed by atoms with Crippen LogP contribution >= 0.6 is 0 Å². The van der Waals surface area contributed by atoms with Gasteiger partial charge in [-0.3, -0.25) is 0 Å². The highest BCUT2D eigenvalue weighted by molar-refractivity contribution is 5.28. The van der Waals surface area contributed by atoms with Gasteiger partial charge in [0.25, 0.3) is 5.82 Å². The number of nitrogens with zero attached hydrogens (tertiary/aromatic N) is 3. The van der Waals surface area contributed by atoms with Crippen LogP contribution in [-0.2, 0) is 6.42 Å². The third-order valence-electron chi connectivity index (χ3n) is 3.05. The van der Waals surface area contributed by atoms with Gasteiger partial charge in [-0.2, -0.15) is 0 Å². The first kappa shape index (κ1) is 9.51. The number of benzene rings is 1. The van der Waals surface area contributed by atoms with Gasteiger partial charge < -0.3 is 0 Å². The second kappa shape index (κ2) is 3.70. The van der Waals surface area contributed by atoms with Crippen LogP contribution in [0.3, 0.4) is 0 Å². The molecule has 3 rings (SSSR count). The minimum atomic E-state index is -0.307. The molecule has 1 aromatic heterocycles. The molecule has 1 atom stereocenters. The van der Waals surface area contributed by atoms with E-state index in [1.54, 1.807) is 0 Å². The van der Waals surface area contributed by atoms with Gasteiger partial charge in [0.1, 0.15) is 18.4 Å². The monoisotopic (exact) mass is 218 g/mol. The van der Waals surface area contributed by atoms with E-state index in [1.807, 2.05) is 45.9 Å². The van der Waals surface area contributed by atoms with Crippen LogP contribution in [0.4, 0.5) is 4.39 Å². The molecule has 0 fully saturated rings. The molecule has 2 heterocycles. The van der Waals surface area contributed by atoms with Crippen molar-refractivity contribution in [3.05, 3.63) is 42.5 Å². The molecular formula is C12H13FN3+. The summed E-state index contributed by atoms with van der Waals surface area (Å²) in [5.41, 5.74) is 1.02. The molecule has 0 spiro atoms. The number of para-hydroxylation sites is 1. The summed E-state index contributed by atoms with van der Waals surface area (Å²) >= 11 is 0. The van der Waals surface area contributed by atoms with Crippen molar-refractivity contribution >= 4 is 0 Å². The molecule has 0 saturated carbocycles. The fourth-order valence-corrected chi connectivity index (χ4v) is 2.16. The molecule has 0 amide bonds. The molecule has 82 valence electrons. The van der Waals surface area contributed by atoms with Crippen molar-refractivity contribution in [3.63, 3.8) is 0 Å². The Morgan fingerprint density at radius 1 is 1.38 bits per heavy atom. The summed E-state index contributed by atoms with van der Waals surface area (Å²) in [7, 11) is 0. The molecule has 0 bridgehead atoms. The van der Waals surface area contributed by atoms with E-state index in [2.05, 4.69) is 5.10 Å². The normalized spacial score (nSPS) is 18.7. The molecule has 4 heteroatoms. The third-order valence-corrected chi connectivity index (χ3v) is 3.05. The number of fused-ring (bicyclic) bond motifs is 1. The Morgan fingerprint density at radius 3 is 2.94 bits per heavy atom. The Kier molecular flexibility index (Phi) is 2.20. The van der Waals surface area contributed by atoms with Crippen LogP contribution in [0.25, 0.3) is 5.69 Å². The van der Waals surface area contributed by atoms with E-state index < -0.39 is 0 Å². The Morgan fingerprint density at radius 2 is 2.19 bits per heavy atom. The van der Waals surface area contributed by atoms with Crippen LogP contribution in [0.2, 0.25) is 0 Å². The van der Waals surface area contributed by atoms with Crippen molar-refractivity contribution in [1.29, 1.82) is 0 Å². The number of alkyl halides is 1. The summed E-state index contributed by atoms with van der Waals surface area (Å²) in [6, 6.07) is 9.88. The number of halogens is 1. The fraction of sp³-hybridized carbons (Fsp3) is 0.333. The minimum absolute atomic E-state index is 0.0209. The van der Waals surface area contributed by atoms with Crippen LogP contribution in [0, 0.1) is 0 Å². The Balaban J connectivity index is 2.00. The van der Waals surface area contributed by atoms with Gasteiger partial charge >= 0.3 is 0 Å². The average molecular weight is 218 g/mol. The first-order valence-electron chi connectivity index (χ1n) is 5.49. The minimum Gasteiger partial charge on any atom is -0.247 e. The van der Waals surface area contributed by atoms with Gasteiger partial charge in [-0.25, -0.2) is 8.96 Å². The van der Waals surface area contributed by atoms with Crippen molar-refractivity contribution < 1.29 is 8.96 Å². The topological polar surface area (TPSA) is 21.7 Å². The van der Waals surface area contributed by atoms with E-state index >= 15 is 0 Å². The van der Waals surface area contributed by atoms with Gasteiger partial charge in [-0.15, -0.1) is 0 Å². The molecule has 16 heavy (non-hydrogen) atoms. The molecule has 1 aliphatic heterocycles. The predicted molar refractivity (Wildman–Crippen MR) is 57.1 cm³/mol. The van der Waals surface area contributed by atoms with Gasteiger partial charge in [-0.05, 0) is 18.6 Å². The van der Waals surface area contributed by atoms with Crippen molar-refractivity contribution in [2.75, 3.05) is 6.67 Å². The highest BCUT2D eigenvalue weighted by atomic mass is 19.1. The number of rotatable bonds is 2. The lowest BCUT2D eigenvalue weighted by Crippen LogP contribution is -2.37. The molecule has 0 N–H and O–H groups in total. The number of aromatic nitrogens is 3. The Hall–Kier alpha value is -1.71. The third kappa shape index (κ3) is 1.41. The SMILES string of the molecule is FC[C@H]1CCc2nn(-c3ccccc3)c[n+]21. The van der Waals surface area contributed by atoms with Crippen molar-refractivity contribution in [2.45, 2.75) is 18.9 Å². The van der Waals surface area contributed by atoms with Gasteiger partial charge in [0.05, 0.1) is 0 Å².